The van der Waals surface area contributed by atoms with Crippen molar-refractivity contribution in [2.75, 3.05) is 0 Å². The molecule has 1 heterocycles. The number of aliphatic hydroxyl groups is 2. The van der Waals surface area contributed by atoms with E-state index in [1.165, 1.54) is 18.5 Å². The van der Waals surface area contributed by atoms with Crippen molar-refractivity contribution in [3.63, 3.8) is 0 Å². The second-order valence-corrected chi connectivity index (χ2v) is 3.11. The minimum Gasteiger partial charge on any atom is -0.479 e. The topological polar surface area (TPSA) is 165 Å². The molecule has 0 fully saturated rings. The van der Waals surface area contributed by atoms with Gasteiger partial charge in [0.25, 0.3) is 0 Å². The fourth-order valence-electron chi connectivity index (χ4n) is 0.759. The number of carboxylic acids is 3. The lowest BCUT2D eigenvalue weighted by atomic mass is 10.2. The van der Waals surface area contributed by atoms with Crippen LogP contribution in [0.25, 0.3) is 0 Å². The minimum atomic E-state index is -2.27. The molecule has 1 aromatic heterocycles. The quantitative estimate of drug-likeness (QED) is 0.446. The van der Waals surface area contributed by atoms with Crippen LogP contribution in [0.3, 0.4) is 0 Å². The van der Waals surface area contributed by atoms with E-state index in [4.69, 9.17) is 25.5 Å². The Bertz CT molecular complexity index is 428. The van der Waals surface area contributed by atoms with E-state index in [0.29, 0.717) is 0 Å². The maximum Gasteiger partial charge on any atom is 0.337 e. The lowest BCUT2D eigenvalue weighted by Gasteiger charge is -2.07. The van der Waals surface area contributed by atoms with Crippen molar-refractivity contribution < 1.29 is 39.9 Å². The van der Waals surface area contributed by atoms with Crippen LogP contribution in [0.5, 0.6) is 0 Å². The molecule has 0 aliphatic rings. The first-order chi connectivity index (χ1) is 8.77. The van der Waals surface area contributed by atoms with Crippen molar-refractivity contribution in [3.05, 3.63) is 30.1 Å². The van der Waals surface area contributed by atoms with Crippen LogP contribution in [0.4, 0.5) is 0 Å². The van der Waals surface area contributed by atoms with Gasteiger partial charge in [-0.2, -0.15) is 0 Å². The van der Waals surface area contributed by atoms with Gasteiger partial charge in [0, 0.05) is 12.4 Å². The summed E-state index contributed by atoms with van der Waals surface area (Å²) in [5, 5.41) is 40.9. The normalized spacial score (nSPS) is 12.5. The highest BCUT2D eigenvalue weighted by atomic mass is 16.4. The fourth-order valence-corrected chi connectivity index (χ4v) is 0.759. The molecule has 9 nitrogen and oxygen atoms in total. The highest BCUT2D eigenvalue weighted by molar-refractivity contribution is 5.87. The Morgan fingerprint density at radius 2 is 1.47 bits per heavy atom. The van der Waals surface area contributed by atoms with E-state index in [0.717, 1.165) is 0 Å². The number of nitrogens with zero attached hydrogens (tertiary/aromatic N) is 1. The zero-order valence-corrected chi connectivity index (χ0v) is 9.37. The largest absolute Gasteiger partial charge is 0.479 e. The summed E-state index contributed by atoms with van der Waals surface area (Å²) < 4.78 is 0. The van der Waals surface area contributed by atoms with E-state index in [1.54, 1.807) is 6.07 Å². The number of hydrogen-bond acceptors (Lipinski definition) is 6. The summed E-state index contributed by atoms with van der Waals surface area (Å²) in [5.74, 6) is -4.48. The number of carboxylic acid groups (broad SMARTS) is 3. The molecule has 1 rings (SSSR count). The predicted octanol–water partition coefficient (Wildman–Crippen LogP) is -1.34. The van der Waals surface area contributed by atoms with Crippen LogP contribution < -0.4 is 0 Å². The van der Waals surface area contributed by atoms with Crippen LogP contribution >= 0.6 is 0 Å². The number of hydrogen-bond donors (Lipinski definition) is 5. The highest BCUT2D eigenvalue weighted by Gasteiger charge is 2.29. The average Bonchev–Trinajstić information content (AvgIpc) is 2.38. The Kier molecular flexibility index (Phi) is 6.71. The van der Waals surface area contributed by atoms with E-state index in [1.807, 2.05) is 0 Å². The second-order valence-electron chi connectivity index (χ2n) is 3.11. The molecule has 104 valence electrons. The van der Waals surface area contributed by atoms with Crippen molar-refractivity contribution in [3.8, 4) is 0 Å². The van der Waals surface area contributed by atoms with E-state index in [2.05, 4.69) is 4.98 Å². The van der Waals surface area contributed by atoms with E-state index in [9.17, 15) is 14.4 Å². The number of carbonyl (C=O) groups is 3. The molecule has 0 saturated carbocycles. The molecule has 0 unspecified atom stereocenters. The Balaban J connectivity index is 0.000000342. The van der Waals surface area contributed by atoms with E-state index >= 15 is 0 Å². The third-order valence-electron chi connectivity index (χ3n) is 1.71. The Hall–Kier alpha value is -2.52. The number of aliphatic carboxylic acids is 2. The molecule has 0 aliphatic heterocycles. The number of pyridine rings is 1. The van der Waals surface area contributed by atoms with Gasteiger partial charge in [-0.1, -0.05) is 0 Å². The SMILES string of the molecule is O=C(O)[C@H](O)[C@@H](O)C(=O)O.O=C(O)c1cccnc1. The van der Waals surface area contributed by atoms with Gasteiger partial charge in [0.2, 0.25) is 0 Å². The van der Waals surface area contributed by atoms with Crippen molar-refractivity contribution in [2.45, 2.75) is 12.2 Å². The minimum absolute atomic E-state index is 0.220. The molecule has 0 radical (unpaired) electrons. The first-order valence-corrected chi connectivity index (χ1v) is 4.72. The van der Waals surface area contributed by atoms with Gasteiger partial charge in [0.05, 0.1) is 5.56 Å². The van der Waals surface area contributed by atoms with Gasteiger partial charge in [-0.25, -0.2) is 14.4 Å². The summed E-state index contributed by atoms with van der Waals surface area (Å²) in [6.07, 6.45) is -1.69. The van der Waals surface area contributed by atoms with Crippen LogP contribution in [-0.2, 0) is 9.59 Å². The molecule has 0 aliphatic carbocycles. The lowest BCUT2D eigenvalue weighted by molar-refractivity contribution is -0.165. The first-order valence-electron chi connectivity index (χ1n) is 4.72. The molecule has 9 heteroatoms. The highest BCUT2D eigenvalue weighted by Crippen LogP contribution is 1.93. The summed E-state index contributed by atoms with van der Waals surface area (Å²) >= 11 is 0. The molecule has 19 heavy (non-hydrogen) atoms. The second kappa shape index (κ2) is 7.74. The standard InChI is InChI=1S/C6H5NO2.C4H6O6/c8-6(9)5-2-1-3-7-4-5;5-1(3(7)8)2(6)4(9)10/h1-4H,(H,8,9);1-2,5-6H,(H,7,8)(H,9,10)/t;1-,2-/m.1/s1. The van der Waals surface area contributed by atoms with Crippen molar-refractivity contribution >= 4 is 17.9 Å². The summed E-state index contributed by atoms with van der Waals surface area (Å²) in [6.45, 7) is 0. The predicted molar refractivity (Wildman–Crippen MR) is 58.5 cm³/mol. The Labute approximate surface area is 106 Å². The summed E-state index contributed by atoms with van der Waals surface area (Å²) in [4.78, 5) is 33.3. The summed E-state index contributed by atoms with van der Waals surface area (Å²) in [6, 6.07) is 3.08. The van der Waals surface area contributed by atoms with Crippen molar-refractivity contribution in [1.29, 1.82) is 0 Å². The molecule has 0 saturated heterocycles. The molecule has 0 amide bonds. The van der Waals surface area contributed by atoms with Gasteiger partial charge in [0.15, 0.2) is 12.2 Å². The van der Waals surface area contributed by atoms with Crippen LogP contribution in [0.15, 0.2) is 24.5 Å². The summed E-state index contributed by atoms with van der Waals surface area (Å²) in [5.41, 5.74) is 0.220. The molecular weight excluding hydrogens is 262 g/mol. The van der Waals surface area contributed by atoms with E-state index < -0.39 is 30.1 Å². The third kappa shape index (κ3) is 6.10. The van der Waals surface area contributed by atoms with Crippen LogP contribution in [0.1, 0.15) is 10.4 Å². The fraction of sp³-hybridized carbons (Fsp3) is 0.200. The monoisotopic (exact) mass is 273 g/mol. The lowest BCUT2D eigenvalue weighted by Crippen LogP contribution is -2.39. The van der Waals surface area contributed by atoms with Gasteiger partial charge in [-0.15, -0.1) is 0 Å². The number of rotatable bonds is 4. The van der Waals surface area contributed by atoms with Crippen LogP contribution in [0.2, 0.25) is 0 Å². The third-order valence-corrected chi connectivity index (χ3v) is 1.71. The molecule has 0 aromatic carbocycles. The smallest absolute Gasteiger partial charge is 0.337 e. The van der Waals surface area contributed by atoms with Crippen LogP contribution in [0, 0.1) is 0 Å². The van der Waals surface area contributed by atoms with Crippen LogP contribution in [-0.4, -0.2) is 60.6 Å². The molecule has 0 spiro atoms. The van der Waals surface area contributed by atoms with Gasteiger partial charge >= 0.3 is 17.9 Å². The molecule has 2 atom stereocenters. The van der Waals surface area contributed by atoms with Gasteiger partial charge in [-0.3, -0.25) is 4.98 Å². The molecular formula is C10H11NO8. The van der Waals surface area contributed by atoms with Gasteiger partial charge in [0.1, 0.15) is 0 Å². The molecule has 5 N–H and O–H groups in total. The summed E-state index contributed by atoms with van der Waals surface area (Å²) in [7, 11) is 0. The molecule has 0 bridgehead atoms. The Morgan fingerprint density at radius 3 is 1.68 bits per heavy atom. The number of aliphatic hydroxyl groups excluding tert-OH is 2. The van der Waals surface area contributed by atoms with E-state index in [-0.39, 0.29) is 5.56 Å². The zero-order valence-electron chi connectivity index (χ0n) is 9.37. The van der Waals surface area contributed by atoms with Gasteiger partial charge in [-0.05, 0) is 12.1 Å². The first kappa shape index (κ1) is 16.5. The van der Waals surface area contributed by atoms with Crippen molar-refractivity contribution in [2.24, 2.45) is 0 Å². The maximum absolute atomic E-state index is 10.2. The number of aromatic nitrogens is 1. The molecule has 1 aromatic rings. The zero-order chi connectivity index (χ0) is 15.0. The Morgan fingerprint density at radius 1 is 1.00 bits per heavy atom. The number of aromatic carboxylic acids is 1. The average molecular weight is 273 g/mol. The van der Waals surface area contributed by atoms with Crippen molar-refractivity contribution in [1.82, 2.24) is 4.98 Å². The van der Waals surface area contributed by atoms with Gasteiger partial charge < -0.3 is 25.5 Å². The maximum atomic E-state index is 10.2.